The highest BCUT2D eigenvalue weighted by atomic mass is 16.5. The van der Waals surface area contributed by atoms with Gasteiger partial charge in [-0.1, -0.05) is 0 Å². The molecule has 4 aliphatic heterocycles. The molecule has 4 aliphatic rings. The van der Waals surface area contributed by atoms with Crippen molar-refractivity contribution in [1.29, 1.82) is 0 Å². The van der Waals surface area contributed by atoms with E-state index in [2.05, 4.69) is 0 Å². The second-order valence-electron chi connectivity index (χ2n) is 11.5. The third-order valence-corrected chi connectivity index (χ3v) is 8.48. The summed E-state index contributed by atoms with van der Waals surface area (Å²) < 4.78 is 22.0. The van der Waals surface area contributed by atoms with Crippen LogP contribution in [-0.2, 0) is 9.47 Å². The minimum absolute atomic E-state index is 0.0911. The van der Waals surface area contributed by atoms with E-state index < -0.39 is 35.6 Å². The van der Waals surface area contributed by atoms with Gasteiger partial charge in [-0.15, -0.1) is 0 Å². The number of amides is 4. The van der Waals surface area contributed by atoms with Crippen molar-refractivity contribution in [3.05, 3.63) is 94.0 Å². The van der Waals surface area contributed by atoms with Crippen LogP contribution in [0.2, 0.25) is 0 Å². The molecule has 12 nitrogen and oxygen atoms in total. The summed E-state index contributed by atoms with van der Waals surface area (Å²) in [6.07, 6.45) is 2.92. The standard InChI is InChI=1S/C34H28N2O10/c37-29-25-11-5-19(15-27(25)31(39)35(29)17-23-3-1-13-43-23)33(41)45-21-7-9-22(10-8-21)46-34(42)20-6-12-26-28(16-20)32(40)36(30(26)38)18-24-4-2-14-44-24/h5-12,15-16,23-24H,1-4,13-14,17-18H2/t23-,24-/m1/s1. The molecule has 0 unspecified atom stereocenters. The first-order valence-corrected chi connectivity index (χ1v) is 15.0. The van der Waals surface area contributed by atoms with E-state index in [0.29, 0.717) is 13.2 Å². The summed E-state index contributed by atoms with van der Waals surface area (Å²) in [7, 11) is 0. The van der Waals surface area contributed by atoms with E-state index in [1.54, 1.807) is 0 Å². The first-order valence-electron chi connectivity index (χ1n) is 15.0. The van der Waals surface area contributed by atoms with Crippen molar-refractivity contribution in [2.24, 2.45) is 0 Å². The van der Waals surface area contributed by atoms with Gasteiger partial charge in [-0.3, -0.25) is 29.0 Å². The zero-order valence-corrected chi connectivity index (χ0v) is 24.6. The first-order chi connectivity index (χ1) is 22.3. The van der Waals surface area contributed by atoms with Crippen LogP contribution in [0.4, 0.5) is 0 Å². The molecule has 3 aromatic rings. The molecule has 2 fully saturated rings. The van der Waals surface area contributed by atoms with Gasteiger partial charge in [-0.25, -0.2) is 9.59 Å². The summed E-state index contributed by atoms with van der Waals surface area (Å²) in [5.41, 5.74) is 0.893. The first kappa shape index (κ1) is 29.5. The van der Waals surface area contributed by atoms with Crippen LogP contribution in [0.25, 0.3) is 0 Å². The van der Waals surface area contributed by atoms with Crippen molar-refractivity contribution in [2.75, 3.05) is 26.3 Å². The smallest absolute Gasteiger partial charge is 0.343 e. The zero-order chi connectivity index (χ0) is 31.9. The van der Waals surface area contributed by atoms with Gasteiger partial charge < -0.3 is 18.9 Å². The Morgan fingerprint density at radius 3 is 1.35 bits per heavy atom. The number of carbonyl (C=O) groups is 6. The summed E-state index contributed by atoms with van der Waals surface area (Å²) in [5.74, 6) is -2.97. The maximum absolute atomic E-state index is 12.9. The van der Waals surface area contributed by atoms with E-state index in [4.69, 9.17) is 18.9 Å². The molecule has 46 heavy (non-hydrogen) atoms. The average molecular weight is 625 g/mol. The van der Waals surface area contributed by atoms with Crippen LogP contribution in [0, 0.1) is 0 Å². The third kappa shape index (κ3) is 5.46. The minimum atomic E-state index is -0.740. The molecule has 234 valence electrons. The number of esters is 2. The molecular formula is C34H28N2O10. The van der Waals surface area contributed by atoms with E-state index >= 15 is 0 Å². The molecule has 0 saturated carbocycles. The molecule has 0 aromatic heterocycles. The maximum Gasteiger partial charge on any atom is 0.343 e. The molecule has 0 bridgehead atoms. The van der Waals surface area contributed by atoms with Crippen LogP contribution in [0.3, 0.4) is 0 Å². The normalized spacial score (nSPS) is 20.3. The zero-order valence-electron chi connectivity index (χ0n) is 24.6. The van der Waals surface area contributed by atoms with Crippen molar-refractivity contribution >= 4 is 35.6 Å². The Morgan fingerprint density at radius 1 is 0.587 bits per heavy atom. The third-order valence-electron chi connectivity index (χ3n) is 8.48. The Kier molecular flexibility index (Phi) is 7.67. The van der Waals surface area contributed by atoms with Crippen molar-refractivity contribution in [2.45, 2.75) is 37.9 Å². The van der Waals surface area contributed by atoms with Crippen LogP contribution >= 0.6 is 0 Å². The molecular weight excluding hydrogens is 596 g/mol. The molecule has 0 spiro atoms. The van der Waals surface area contributed by atoms with Crippen molar-refractivity contribution < 1.29 is 47.7 Å². The summed E-state index contributed by atoms with van der Waals surface area (Å²) in [6.45, 7) is 1.54. The molecule has 12 heteroatoms. The number of hydrogen-bond donors (Lipinski definition) is 0. The highest BCUT2D eigenvalue weighted by Gasteiger charge is 2.39. The van der Waals surface area contributed by atoms with E-state index in [1.807, 2.05) is 0 Å². The van der Waals surface area contributed by atoms with Gasteiger partial charge in [-0.05, 0) is 86.3 Å². The lowest BCUT2D eigenvalue weighted by molar-refractivity contribution is 0.0468. The Labute approximate surface area is 262 Å². The quantitative estimate of drug-likeness (QED) is 0.207. The molecule has 0 aliphatic carbocycles. The van der Waals surface area contributed by atoms with Crippen molar-refractivity contribution in [1.82, 2.24) is 9.80 Å². The highest BCUT2D eigenvalue weighted by Crippen LogP contribution is 2.29. The number of benzene rings is 3. The highest BCUT2D eigenvalue weighted by molar-refractivity contribution is 6.22. The number of imide groups is 2. The minimum Gasteiger partial charge on any atom is -0.423 e. The molecule has 4 heterocycles. The Hall–Kier alpha value is -5.20. The van der Waals surface area contributed by atoms with Gasteiger partial charge in [0, 0.05) is 13.2 Å². The van der Waals surface area contributed by atoms with Gasteiger partial charge in [0.2, 0.25) is 0 Å². The van der Waals surface area contributed by atoms with Crippen LogP contribution in [-0.4, -0.2) is 83.9 Å². The van der Waals surface area contributed by atoms with Gasteiger partial charge >= 0.3 is 11.9 Å². The van der Waals surface area contributed by atoms with Gasteiger partial charge in [0.25, 0.3) is 23.6 Å². The Balaban J connectivity index is 0.973. The average Bonchev–Trinajstić information content (AvgIpc) is 3.87. The Morgan fingerprint density at radius 2 is 0.978 bits per heavy atom. The number of carbonyl (C=O) groups excluding carboxylic acids is 6. The van der Waals surface area contributed by atoms with Gasteiger partial charge in [0.1, 0.15) is 11.5 Å². The van der Waals surface area contributed by atoms with Crippen LogP contribution in [0.1, 0.15) is 87.8 Å². The summed E-state index contributed by atoms with van der Waals surface area (Å²) >= 11 is 0. The maximum atomic E-state index is 12.9. The lowest BCUT2D eigenvalue weighted by Crippen LogP contribution is -2.36. The number of nitrogens with zero attached hydrogens (tertiary/aromatic N) is 2. The van der Waals surface area contributed by atoms with Crippen LogP contribution in [0.15, 0.2) is 60.7 Å². The molecule has 4 amide bonds. The van der Waals surface area contributed by atoms with E-state index in [-0.39, 0.29) is 70.2 Å². The molecule has 0 N–H and O–H groups in total. The monoisotopic (exact) mass is 624 g/mol. The van der Waals surface area contributed by atoms with E-state index in [1.165, 1.54) is 60.7 Å². The SMILES string of the molecule is O=C(Oc1ccc(OC(=O)c2ccc3c(c2)C(=O)N(C[C@H]2CCCO2)C3=O)cc1)c1ccc2c(c1)C(=O)N(C[C@H]1CCCO1)C2=O. The second kappa shape index (κ2) is 12.0. The summed E-state index contributed by atoms with van der Waals surface area (Å²) in [6, 6.07) is 14.1. The number of ether oxygens (including phenoxy) is 4. The molecule has 7 rings (SSSR count). The molecule has 3 aromatic carbocycles. The van der Waals surface area contributed by atoms with Crippen molar-refractivity contribution in [3.63, 3.8) is 0 Å². The van der Waals surface area contributed by atoms with E-state index in [0.717, 1.165) is 35.5 Å². The molecule has 2 atom stereocenters. The van der Waals surface area contributed by atoms with Gasteiger partial charge in [0.15, 0.2) is 0 Å². The van der Waals surface area contributed by atoms with Crippen LogP contribution < -0.4 is 9.47 Å². The predicted octanol–water partition coefficient (Wildman–Crippen LogP) is 3.68. The largest absolute Gasteiger partial charge is 0.423 e. The lowest BCUT2D eigenvalue weighted by Gasteiger charge is -2.17. The number of hydrogen-bond acceptors (Lipinski definition) is 10. The fourth-order valence-electron chi connectivity index (χ4n) is 6.06. The van der Waals surface area contributed by atoms with E-state index in [9.17, 15) is 28.8 Å². The number of fused-ring (bicyclic) bond motifs is 2. The number of rotatable bonds is 8. The predicted molar refractivity (Wildman–Crippen MR) is 158 cm³/mol. The lowest BCUT2D eigenvalue weighted by atomic mass is 10.1. The van der Waals surface area contributed by atoms with Crippen molar-refractivity contribution in [3.8, 4) is 11.5 Å². The second-order valence-corrected chi connectivity index (χ2v) is 11.5. The topological polar surface area (TPSA) is 146 Å². The fourth-order valence-corrected chi connectivity index (χ4v) is 6.06. The Bertz CT molecular complexity index is 1660. The van der Waals surface area contributed by atoms with Gasteiger partial charge in [0.05, 0.1) is 58.7 Å². The molecule has 0 radical (unpaired) electrons. The fraction of sp³-hybridized carbons (Fsp3) is 0.294. The summed E-state index contributed by atoms with van der Waals surface area (Å²) in [4.78, 5) is 79.5. The summed E-state index contributed by atoms with van der Waals surface area (Å²) in [5, 5.41) is 0. The molecule has 2 saturated heterocycles. The van der Waals surface area contributed by atoms with Crippen LogP contribution in [0.5, 0.6) is 11.5 Å². The van der Waals surface area contributed by atoms with Gasteiger partial charge in [-0.2, -0.15) is 0 Å².